The molecule has 1 amide bonds. The Hall–Kier alpha value is -1.94. The van der Waals surface area contributed by atoms with E-state index in [4.69, 9.17) is 20.8 Å². The minimum absolute atomic E-state index is 0.151. The van der Waals surface area contributed by atoms with Crippen molar-refractivity contribution < 1.29 is 13.9 Å². The van der Waals surface area contributed by atoms with Crippen LogP contribution in [-0.4, -0.2) is 11.9 Å². The van der Waals surface area contributed by atoms with Crippen LogP contribution in [0.2, 0.25) is 5.02 Å². The highest BCUT2D eigenvalue weighted by Crippen LogP contribution is 2.28. The third-order valence-corrected chi connectivity index (χ3v) is 4.65. The average Bonchev–Trinajstić information content (AvgIpc) is 3.04. The lowest BCUT2D eigenvalue weighted by Gasteiger charge is -2.22. The molecule has 24 heavy (non-hydrogen) atoms. The minimum atomic E-state index is -0.151. The number of halogens is 1. The molecule has 1 aliphatic carbocycles. The first-order valence-corrected chi connectivity index (χ1v) is 8.79. The molecule has 0 aliphatic heterocycles. The molecule has 0 saturated heterocycles. The summed E-state index contributed by atoms with van der Waals surface area (Å²) in [5.74, 6) is 1.42. The Kier molecular flexibility index (Phi) is 5.46. The molecule has 1 aromatic heterocycles. The predicted octanol–water partition coefficient (Wildman–Crippen LogP) is 4.88. The van der Waals surface area contributed by atoms with E-state index in [1.165, 1.54) is 19.3 Å². The standard InChI is InChI=1S/C19H22ClNO3/c1-13-6-5-9-16(20)18(13)23-12-15-10-11-17(24-15)19(22)21-14-7-3-2-4-8-14/h5-6,9-11,14H,2-4,7-8,12H2,1H3,(H,21,22). The van der Waals surface area contributed by atoms with Gasteiger partial charge in [-0.25, -0.2) is 0 Å². The summed E-state index contributed by atoms with van der Waals surface area (Å²) in [6, 6.07) is 9.33. The number of hydrogen-bond acceptors (Lipinski definition) is 3. The van der Waals surface area contributed by atoms with Crippen LogP contribution < -0.4 is 10.1 Å². The first-order valence-electron chi connectivity index (χ1n) is 8.41. The summed E-state index contributed by atoms with van der Waals surface area (Å²) in [4.78, 5) is 12.2. The summed E-state index contributed by atoms with van der Waals surface area (Å²) < 4.78 is 11.3. The van der Waals surface area contributed by atoms with E-state index in [2.05, 4.69) is 5.32 Å². The van der Waals surface area contributed by atoms with Crippen molar-refractivity contribution in [3.05, 3.63) is 52.4 Å². The van der Waals surface area contributed by atoms with Crippen LogP contribution in [-0.2, 0) is 6.61 Å². The molecule has 1 fully saturated rings. The summed E-state index contributed by atoms with van der Waals surface area (Å²) in [6.07, 6.45) is 5.72. The summed E-state index contributed by atoms with van der Waals surface area (Å²) in [6.45, 7) is 2.17. The van der Waals surface area contributed by atoms with Gasteiger partial charge in [0.2, 0.25) is 0 Å². The summed E-state index contributed by atoms with van der Waals surface area (Å²) in [7, 11) is 0. The number of amides is 1. The normalized spacial score (nSPS) is 15.2. The predicted molar refractivity (Wildman–Crippen MR) is 93.6 cm³/mol. The van der Waals surface area contributed by atoms with Crippen LogP contribution in [0.3, 0.4) is 0 Å². The maximum absolute atomic E-state index is 12.2. The van der Waals surface area contributed by atoms with E-state index in [0.29, 0.717) is 22.3 Å². The molecule has 0 unspecified atom stereocenters. The lowest BCUT2D eigenvalue weighted by molar-refractivity contribution is 0.0895. The van der Waals surface area contributed by atoms with Crippen molar-refractivity contribution in [1.82, 2.24) is 5.32 Å². The van der Waals surface area contributed by atoms with Crippen LogP contribution in [0.15, 0.2) is 34.7 Å². The van der Waals surface area contributed by atoms with Crippen LogP contribution in [0.1, 0.15) is 54.0 Å². The Morgan fingerprint density at radius 2 is 2.04 bits per heavy atom. The molecule has 0 bridgehead atoms. The Bertz CT molecular complexity index is 684. The zero-order valence-corrected chi connectivity index (χ0v) is 14.6. The van der Waals surface area contributed by atoms with Crippen LogP contribution in [0.4, 0.5) is 0 Å². The molecule has 1 saturated carbocycles. The Labute approximate surface area is 147 Å². The number of para-hydroxylation sites is 1. The maximum atomic E-state index is 12.2. The van der Waals surface area contributed by atoms with Crippen molar-refractivity contribution in [3.63, 3.8) is 0 Å². The number of rotatable bonds is 5. The number of nitrogens with one attached hydrogen (secondary N) is 1. The van der Waals surface area contributed by atoms with Crippen molar-refractivity contribution in [2.75, 3.05) is 0 Å². The second kappa shape index (κ2) is 7.75. The average molecular weight is 348 g/mol. The van der Waals surface area contributed by atoms with Gasteiger partial charge in [-0.1, -0.05) is 43.0 Å². The molecule has 3 rings (SSSR count). The van der Waals surface area contributed by atoms with Crippen LogP contribution in [0.5, 0.6) is 5.75 Å². The summed E-state index contributed by atoms with van der Waals surface area (Å²) >= 11 is 6.14. The van der Waals surface area contributed by atoms with Gasteiger partial charge in [-0.3, -0.25) is 4.79 Å². The fourth-order valence-corrected chi connectivity index (χ4v) is 3.30. The van der Waals surface area contributed by atoms with Crippen molar-refractivity contribution >= 4 is 17.5 Å². The van der Waals surface area contributed by atoms with Crippen LogP contribution in [0.25, 0.3) is 0 Å². The number of benzene rings is 1. The van der Waals surface area contributed by atoms with Gasteiger partial charge in [0.15, 0.2) is 5.76 Å². The molecule has 0 atom stereocenters. The van der Waals surface area contributed by atoms with Crippen molar-refractivity contribution in [1.29, 1.82) is 0 Å². The Morgan fingerprint density at radius 1 is 1.25 bits per heavy atom. The molecule has 1 aromatic carbocycles. The second-order valence-corrected chi connectivity index (χ2v) is 6.66. The smallest absolute Gasteiger partial charge is 0.287 e. The number of hydrogen-bond donors (Lipinski definition) is 1. The third-order valence-electron chi connectivity index (χ3n) is 4.35. The highest BCUT2D eigenvalue weighted by atomic mass is 35.5. The van der Waals surface area contributed by atoms with Gasteiger partial charge in [-0.15, -0.1) is 0 Å². The Balaban J connectivity index is 1.58. The topological polar surface area (TPSA) is 51.5 Å². The van der Waals surface area contributed by atoms with Gasteiger partial charge < -0.3 is 14.5 Å². The third kappa shape index (κ3) is 4.12. The number of aryl methyl sites for hydroxylation is 1. The largest absolute Gasteiger partial charge is 0.484 e. The van der Waals surface area contributed by atoms with E-state index < -0.39 is 0 Å². The quantitative estimate of drug-likeness (QED) is 0.838. The van der Waals surface area contributed by atoms with Crippen LogP contribution >= 0.6 is 11.6 Å². The molecule has 2 aromatic rings. The molecular weight excluding hydrogens is 326 g/mol. The number of carbonyl (C=O) groups is 1. The highest BCUT2D eigenvalue weighted by Gasteiger charge is 2.19. The SMILES string of the molecule is Cc1cccc(Cl)c1OCc1ccc(C(=O)NC2CCCCC2)o1. The highest BCUT2D eigenvalue weighted by molar-refractivity contribution is 6.32. The van der Waals surface area contributed by atoms with E-state index in [1.807, 2.05) is 19.1 Å². The molecule has 0 spiro atoms. The zero-order valence-electron chi connectivity index (χ0n) is 13.8. The van der Waals surface area contributed by atoms with Gasteiger partial charge in [0, 0.05) is 6.04 Å². The van der Waals surface area contributed by atoms with E-state index >= 15 is 0 Å². The fraction of sp³-hybridized carbons (Fsp3) is 0.421. The zero-order chi connectivity index (χ0) is 16.9. The van der Waals surface area contributed by atoms with Crippen molar-refractivity contribution in [3.8, 4) is 5.75 Å². The van der Waals surface area contributed by atoms with Gasteiger partial charge in [0.05, 0.1) is 5.02 Å². The second-order valence-electron chi connectivity index (χ2n) is 6.25. The number of furan rings is 1. The molecule has 1 heterocycles. The monoisotopic (exact) mass is 347 g/mol. The fourth-order valence-electron chi connectivity index (χ4n) is 3.02. The lowest BCUT2D eigenvalue weighted by atomic mass is 9.95. The summed E-state index contributed by atoms with van der Waals surface area (Å²) in [5, 5.41) is 3.61. The molecule has 4 nitrogen and oxygen atoms in total. The molecule has 1 aliphatic rings. The Morgan fingerprint density at radius 3 is 2.79 bits per heavy atom. The van der Waals surface area contributed by atoms with Crippen molar-refractivity contribution in [2.45, 2.75) is 51.7 Å². The van der Waals surface area contributed by atoms with Crippen molar-refractivity contribution in [2.24, 2.45) is 0 Å². The molecule has 1 N–H and O–H groups in total. The van der Waals surface area contributed by atoms with E-state index in [-0.39, 0.29) is 18.6 Å². The molecule has 0 radical (unpaired) electrons. The summed E-state index contributed by atoms with van der Waals surface area (Å²) in [5.41, 5.74) is 0.962. The van der Waals surface area contributed by atoms with E-state index in [1.54, 1.807) is 18.2 Å². The maximum Gasteiger partial charge on any atom is 0.287 e. The molecular formula is C19H22ClNO3. The van der Waals surface area contributed by atoms with Gasteiger partial charge >= 0.3 is 0 Å². The number of ether oxygens (including phenoxy) is 1. The molecule has 5 heteroatoms. The minimum Gasteiger partial charge on any atom is -0.484 e. The van der Waals surface area contributed by atoms with Gasteiger partial charge in [0.1, 0.15) is 18.1 Å². The van der Waals surface area contributed by atoms with Gasteiger partial charge in [-0.05, 0) is 43.5 Å². The lowest BCUT2D eigenvalue weighted by Crippen LogP contribution is -2.35. The van der Waals surface area contributed by atoms with E-state index in [0.717, 1.165) is 18.4 Å². The first kappa shape index (κ1) is 16.9. The van der Waals surface area contributed by atoms with Gasteiger partial charge in [0.25, 0.3) is 5.91 Å². The van der Waals surface area contributed by atoms with Crippen LogP contribution in [0, 0.1) is 6.92 Å². The van der Waals surface area contributed by atoms with E-state index in [9.17, 15) is 4.79 Å². The number of carbonyl (C=O) groups excluding carboxylic acids is 1. The first-order chi connectivity index (χ1) is 11.6. The van der Waals surface area contributed by atoms with Gasteiger partial charge in [-0.2, -0.15) is 0 Å². The molecule has 128 valence electrons.